The second-order valence-electron chi connectivity index (χ2n) is 5.35. The highest BCUT2D eigenvalue weighted by Crippen LogP contribution is 2.31. The Labute approximate surface area is 116 Å². The summed E-state index contributed by atoms with van der Waals surface area (Å²) in [4.78, 5) is 0.263. The summed E-state index contributed by atoms with van der Waals surface area (Å²) < 4.78 is 30.0. The lowest BCUT2D eigenvalue weighted by Crippen LogP contribution is -2.29. The molecule has 1 aliphatic carbocycles. The van der Waals surface area contributed by atoms with E-state index in [0.29, 0.717) is 5.92 Å². The van der Waals surface area contributed by atoms with E-state index in [0.717, 1.165) is 31.2 Å². The zero-order valence-corrected chi connectivity index (χ0v) is 12.4. The molecule has 0 spiro atoms. The first-order valence-electron chi connectivity index (χ1n) is 7.03. The average Bonchev–Trinajstić information content (AvgIpc) is 2.39. The molecule has 0 aliphatic heterocycles. The summed E-state index contributed by atoms with van der Waals surface area (Å²) in [5.41, 5.74) is 1.04. The molecule has 4 heteroatoms. The van der Waals surface area contributed by atoms with Gasteiger partial charge in [0.15, 0.2) is 0 Å². The summed E-state index contributed by atoms with van der Waals surface area (Å²) in [5, 5.41) is 0. The van der Waals surface area contributed by atoms with Gasteiger partial charge in [0, 0.05) is 0 Å². The predicted octanol–water partition coefficient (Wildman–Crippen LogP) is 3.67. The van der Waals surface area contributed by atoms with Gasteiger partial charge in [-0.2, -0.15) is 8.42 Å². The smallest absolute Gasteiger partial charge is 0.263 e. The summed E-state index contributed by atoms with van der Waals surface area (Å²) in [6.07, 6.45) is 5.00. The van der Waals surface area contributed by atoms with Crippen molar-refractivity contribution in [2.24, 2.45) is 5.92 Å². The maximum Gasteiger partial charge on any atom is 0.297 e. The molecule has 0 aromatic heterocycles. The predicted molar refractivity (Wildman–Crippen MR) is 75.5 cm³/mol. The molecule has 1 aromatic rings. The van der Waals surface area contributed by atoms with Crippen LogP contribution < -0.4 is 0 Å². The zero-order chi connectivity index (χ0) is 13.9. The number of hydrogen-bond acceptors (Lipinski definition) is 3. The van der Waals surface area contributed by atoms with Crippen molar-refractivity contribution in [2.45, 2.75) is 57.0 Å². The third kappa shape index (κ3) is 3.57. The Morgan fingerprint density at radius 3 is 2.42 bits per heavy atom. The van der Waals surface area contributed by atoms with E-state index >= 15 is 0 Å². The highest BCUT2D eigenvalue weighted by molar-refractivity contribution is 7.86. The minimum Gasteiger partial charge on any atom is -0.263 e. The van der Waals surface area contributed by atoms with Gasteiger partial charge in [0.05, 0.1) is 11.0 Å². The highest BCUT2D eigenvalue weighted by Gasteiger charge is 2.29. The van der Waals surface area contributed by atoms with Crippen LogP contribution in [0.25, 0.3) is 0 Å². The zero-order valence-electron chi connectivity index (χ0n) is 11.6. The minimum atomic E-state index is -3.62. The van der Waals surface area contributed by atoms with E-state index in [9.17, 15) is 8.42 Å². The van der Waals surface area contributed by atoms with Crippen molar-refractivity contribution in [3.05, 3.63) is 29.8 Å². The molecule has 0 radical (unpaired) electrons. The van der Waals surface area contributed by atoms with Crippen LogP contribution in [0.2, 0.25) is 0 Å². The van der Waals surface area contributed by atoms with Gasteiger partial charge < -0.3 is 0 Å². The normalized spacial score (nSPS) is 24.3. The topological polar surface area (TPSA) is 43.4 Å². The van der Waals surface area contributed by atoms with Gasteiger partial charge in [0.25, 0.3) is 10.1 Å². The van der Waals surface area contributed by atoms with Crippen LogP contribution in [0.1, 0.15) is 44.6 Å². The van der Waals surface area contributed by atoms with E-state index in [-0.39, 0.29) is 11.0 Å². The van der Waals surface area contributed by atoms with Crippen LogP contribution in [0.3, 0.4) is 0 Å². The molecule has 0 bridgehead atoms. The van der Waals surface area contributed by atoms with Crippen molar-refractivity contribution in [1.82, 2.24) is 0 Å². The third-order valence-corrected chi connectivity index (χ3v) is 5.27. The molecule has 1 aromatic carbocycles. The Bertz CT molecular complexity index is 505. The molecule has 2 unspecified atom stereocenters. The van der Waals surface area contributed by atoms with Crippen molar-refractivity contribution in [3.8, 4) is 0 Å². The molecule has 19 heavy (non-hydrogen) atoms. The summed E-state index contributed by atoms with van der Waals surface area (Å²) in [5.74, 6) is 0.369. The first kappa shape index (κ1) is 14.5. The summed E-state index contributed by atoms with van der Waals surface area (Å²) in [6, 6.07) is 6.84. The van der Waals surface area contributed by atoms with Crippen LogP contribution in [-0.2, 0) is 14.3 Å². The van der Waals surface area contributed by atoms with Gasteiger partial charge in [-0.3, -0.25) is 4.18 Å². The molecule has 1 saturated carbocycles. The maximum atomic E-state index is 12.3. The van der Waals surface area contributed by atoms with Gasteiger partial charge in [0.1, 0.15) is 0 Å². The van der Waals surface area contributed by atoms with Crippen LogP contribution >= 0.6 is 0 Å². The van der Waals surface area contributed by atoms with E-state index < -0.39 is 10.1 Å². The van der Waals surface area contributed by atoms with E-state index in [1.807, 2.05) is 6.92 Å². The first-order valence-corrected chi connectivity index (χ1v) is 8.43. The minimum absolute atomic E-state index is 0.148. The molecule has 0 amide bonds. The molecule has 106 valence electrons. The Hall–Kier alpha value is -0.870. The van der Waals surface area contributed by atoms with Crippen molar-refractivity contribution >= 4 is 10.1 Å². The lowest BCUT2D eigenvalue weighted by Gasteiger charge is -2.30. The molecule has 1 fully saturated rings. The Kier molecular flexibility index (Phi) is 4.63. The van der Waals surface area contributed by atoms with E-state index in [2.05, 4.69) is 6.92 Å². The van der Waals surface area contributed by atoms with Gasteiger partial charge in [-0.25, -0.2) is 0 Å². The Balaban J connectivity index is 2.14. The fourth-order valence-electron chi connectivity index (χ4n) is 2.69. The van der Waals surface area contributed by atoms with Gasteiger partial charge in [0.2, 0.25) is 0 Å². The SMILES string of the molecule is CCC1CCCCC1OS(=O)(=O)c1ccc(C)cc1. The standard InChI is InChI=1S/C15H22O3S/c1-3-13-6-4-5-7-15(13)18-19(16,17)14-10-8-12(2)9-11-14/h8-11,13,15H,3-7H2,1-2H3. The van der Waals surface area contributed by atoms with E-state index in [1.165, 1.54) is 6.42 Å². The van der Waals surface area contributed by atoms with Gasteiger partial charge >= 0.3 is 0 Å². The molecule has 2 atom stereocenters. The lowest BCUT2D eigenvalue weighted by molar-refractivity contribution is 0.0966. The Morgan fingerprint density at radius 1 is 1.16 bits per heavy atom. The van der Waals surface area contributed by atoms with Crippen molar-refractivity contribution in [1.29, 1.82) is 0 Å². The van der Waals surface area contributed by atoms with E-state index in [4.69, 9.17) is 4.18 Å². The second kappa shape index (κ2) is 6.06. The van der Waals surface area contributed by atoms with Gasteiger partial charge in [-0.05, 0) is 37.8 Å². The summed E-state index contributed by atoms with van der Waals surface area (Å²) >= 11 is 0. The summed E-state index contributed by atoms with van der Waals surface area (Å²) in [7, 11) is -3.62. The van der Waals surface area contributed by atoms with Crippen LogP contribution in [0.4, 0.5) is 0 Å². The second-order valence-corrected chi connectivity index (χ2v) is 6.93. The highest BCUT2D eigenvalue weighted by atomic mass is 32.2. The average molecular weight is 282 g/mol. The molecule has 0 saturated heterocycles. The first-order chi connectivity index (χ1) is 9.03. The molecule has 1 aliphatic rings. The van der Waals surface area contributed by atoms with Crippen LogP contribution in [0.15, 0.2) is 29.2 Å². The summed E-state index contributed by atoms with van der Waals surface area (Å²) in [6.45, 7) is 4.04. The van der Waals surface area contributed by atoms with Crippen LogP contribution in [0.5, 0.6) is 0 Å². The molecular formula is C15H22O3S. The van der Waals surface area contributed by atoms with Crippen LogP contribution in [0, 0.1) is 12.8 Å². The number of rotatable bonds is 4. The van der Waals surface area contributed by atoms with E-state index in [1.54, 1.807) is 24.3 Å². The fraction of sp³-hybridized carbons (Fsp3) is 0.600. The van der Waals surface area contributed by atoms with Gasteiger partial charge in [-0.1, -0.05) is 43.9 Å². The molecule has 0 heterocycles. The van der Waals surface area contributed by atoms with Crippen molar-refractivity contribution < 1.29 is 12.6 Å². The lowest BCUT2D eigenvalue weighted by atomic mass is 9.85. The maximum absolute atomic E-state index is 12.3. The fourth-order valence-corrected chi connectivity index (χ4v) is 3.85. The van der Waals surface area contributed by atoms with Crippen molar-refractivity contribution in [2.75, 3.05) is 0 Å². The number of aryl methyl sites for hydroxylation is 1. The molecular weight excluding hydrogens is 260 g/mol. The molecule has 0 N–H and O–H groups in total. The van der Waals surface area contributed by atoms with Crippen LogP contribution in [-0.4, -0.2) is 14.5 Å². The quantitative estimate of drug-likeness (QED) is 0.791. The van der Waals surface area contributed by atoms with Gasteiger partial charge in [-0.15, -0.1) is 0 Å². The largest absolute Gasteiger partial charge is 0.297 e. The number of hydrogen-bond donors (Lipinski definition) is 0. The molecule has 3 nitrogen and oxygen atoms in total. The van der Waals surface area contributed by atoms with Crippen molar-refractivity contribution in [3.63, 3.8) is 0 Å². The third-order valence-electron chi connectivity index (χ3n) is 3.92. The monoisotopic (exact) mass is 282 g/mol. The number of benzene rings is 1. The Morgan fingerprint density at radius 2 is 1.79 bits per heavy atom. The molecule has 2 rings (SSSR count).